The summed E-state index contributed by atoms with van der Waals surface area (Å²) < 4.78 is 0. The number of hydrogen-bond donors (Lipinski definition) is 7. The largest absolute Gasteiger partial charge is 0.481 e. The van der Waals surface area contributed by atoms with Gasteiger partial charge in [0, 0.05) is 12.5 Å². The summed E-state index contributed by atoms with van der Waals surface area (Å²) in [5, 5.41) is 61.3. The number of likely N-dealkylation sites (N-methyl/N-ethyl adjacent to an activating group) is 1. The van der Waals surface area contributed by atoms with Crippen LogP contribution in [0, 0.1) is 0 Å². The zero-order valence-corrected chi connectivity index (χ0v) is 19.0. The third-order valence-electron chi connectivity index (χ3n) is 5.19. The summed E-state index contributed by atoms with van der Waals surface area (Å²) in [5.74, 6) is -0.896. The number of aliphatic carboxylic acids is 1. The van der Waals surface area contributed by atoms with Crippen molar-refractivity contribution in [3.8, 4) is 0 Å². The molecular formula is C23H43NO7. The van der Waals surface area contributed by atoms with E-state index < -0.39 is 30.4 Å². The molecule has 8 nitrogen and oxygen atoms in total. The molecule has 0 aromatic carbocycles. The van der Waals surface area contributed by atoms with Crippen LogP contribution in [0.15, 0.2) is 23.8 Å². The Kier molecular flexibility index (Phi) is 17.5. The molecule has 0 saturated heterocycles. The Bertz CT molecular complexity index is 524. The first kappa shape index (κ1) is 29.7. The number of carboxylic acids is 1. The highest BCUT2D eigenvalue weighted by atomic mass is 16.4. The lowest BCUT2D eigenvalue weighted by Gasteiger charge is -2.23. The summed E-state index contributed by atoms with van der Waals surface area (Å²) in [6.07, 6.45) is 6.09. The van der Waals surface area contributed by atoms with Crippen molar-refractivity contribution in [3.63, 3.8) is 0 Å². The van der Waals surface area contributed by atoms with Crippen LogP contribution < -0.4 is 5.32 Å². The second kappa shape index (κ2) is 18.3. The van der Waals surface area contributed by atoms with E-state index in [4.69, 9.17) is 10.2 Å². The lowest BCUT2D eigenvalue weighted by atomic mass is 9.96. The Morgan fingerprint density at radius 1 is 0.968 bits per heavy atom. The standard InChI is InChI=1S/C23H43NO7/c1-3-5-10-21(28)22(29)12-7-9-17(15-18(26)16-25)8-6-11-20(27)19(24-4-2)13-14-23(30)31/h7,9,12,18-22,24-29H,3-6,8,10-11,13-16H2,1-2H3,(H,30,31). The highest BCUT2D eigenvalue weighted by molar-refractivity contribution is 5.66. The van der Waals surface area contributed by atoms with Crippen LogP contribution in [-0.4, -0.2) is 80.2 Å². The number of carbonyl (C=O) groups is 1. The minimum atomic E-state index is -0.969. The Balaban J connectivity index is 4.82. The van der Waals surface area contributed by atoms with Crippen LogP contribution >= 0.6 is 0 Å². The predicted octanol–water partition coefficient (Wildman–Crippen LogP) is 1.50. The van der Waals surface area contributed by atoms with Crippen molar-refractivity contribution in [1.29, 1.82) is 0 Å². The molecule has 0 bridgehead atoms. The number of carboxylic acid groups (broad SMARTS) is 1. The van der Waals surface area contributed by atoms with E-state index in [-0.39, 0.29) is 25.5 Å². The van der Waals surface area contributed by atoms with Gasteiger partial charge in [0.25, 0.3) is 0 Å². The first-order chi connectivity index (χ1) is 14.7. The van der Waals surface area contributed by atoms with Crippen molar-refractivity contribution in [3.05, 3.63) is 23.8 Å². The van der Waals surface area contributed by atoms with Gasteiger partial charge in [-0.1, -0.05) is 50.5 Å². The van der Waals surface area contributed by atoms with Gasteiger partial charge in [-0.2, -0.15) is 0 Å². The molecule has 0 aliphatic heterocycles. The normalized spacial score (nSPS) is 17.5. The lowest BCUT2D eigenvalue weighted by molar-refractivity contribution is -0.137. The molecule has 5 unspecified atom stereocenters. The molecule has 0 aliphatic rings. The van der Waals surface area contributed by atoms with Crippen molar-refractivity contribution in [1.82, 2.24) is 5.32 Å². The van der Waals surface area contributed by atoms with Gasteiger partial charge in [0.1, 0.15) is 0 Å². The summed E-state index contributed by atoms with van der Waals surface area (Å²) in [5.41, 5.74) is 0.853. The van der Waals surface area contributed by atoms with Crippen molar-refractivity contribution in [2.75, 3.05) is 13.2 Å². The molecular weight excluding hydrogens is 402 g/mol. The van der Waals surface area contributed by atoms with Crippen LogP contribution in [0.3, 0.4) is 0 Å². The van der Waals surface area contributed by atoms with Gasteiger partial charge in [0.2, 0.25) is 0 Å². The molecule has 0 fully saturated rings. The van der Waals surface area contributed by atoms with Crippen molar-refractivity contribution in [2.45, 2.75) is 102 Å². The fourth-order valence-corrected chi connectivity index (χ4v) is 3.35. The molecule has 8 heteroatoms. The second-order valence-corrected chi connectivity index (χ2v) is 8.01. The van der Waals surface area contributed by atoms with Gasteiger partial charge in [-0.05, 0) is 45.1 Å². The van der Waals surface area contributed by atoms with Crippen LogP contribution in [0.25, 0.3) is 0 Å². The van der Waals surface area contributed by atoms with Crippen LogP contribution in [-0.2, 0) is 4.79 Å². The number of rotatable bonds is 19. The number of hydrogen-bond acceptors (Lipinski definition) is 7. The number of allylic oxidation sites excluding steroid dienone is 2. The smallest absolute Gasteiger partial charge is 0.303 e. The summed E-state index contributed by atoms with van der Waals surface area (Å²) in [6, 6.07) is -0.295. The third kappa shape index (κ3) is 15.2. The molecule has 7 N–H and O–H groups in total. The molecule has 0 aliphatic carbocycles. The second-order valence-electron chi connectivity index (χ2n) is 8.01. The Morgan fingerprint density at radius 3 is 2.23 bits per heavy atom. The number of unbranched alkanes of at least 4 members (excludes halogenated alkanes) is 1. The molecule has 0 amide bonds. The molecule has 0 aromatic heterocycles. The summed E-state index contributed by atoms with van der Waals surface area (Å²) in [6.45, 7) is 4.18. The Labute approximate surface area is 186 Å². The van der Waals surface area contributed by atoms with Crippen LogP contribution in [0.2, 0.25) is 0 Å². The van der Waals surface area contributed by atoms with E-state index >= 15 is 0 Å². The molecule has 31 heavy (non-hydrogen) atoms. The van der Waals surface area contributed by atoms with Gasteiger partial charge >= 0.3 is 5.97 Å². The van der Waals surface area contributed by atoms with Gasteiger partial charge in [0.05, 0.1) is 31.0 Å². The molecule has 0 rings (SSSR count). The average Bonchev–Trinajstić information content (AvgIpc) is 2.73. The maximum Gasteiger partial charge on any atom is 0.303 e. The summed E-state index contributed by atoms with van der Waals surface area (Å²) in [7, 11) is 0. The van der Waals surface area contributed by atoms with E-state index in [1.165, 1.54) is 6.08 Å². The molecule has 182 valence electrons. The van der Waals surface area contributed by atoms with Crippen molar-refractivity contribution < 1.29 is 35.4 Å². The van der Waals surface area contributed by atoms with E-state index in [1.807, 2.05) is 13.8 Å². The van der Waals surface area contributed by atoms with E-state index in [1.54, 1.807) is 12.2 Å². The highest BCUT2D eigenvalue weighted by Crippen LogP contribution is 2.18. The zero-order chi connectivity index (χ0) is 23.6. The molecule has 0 heterocycles. The summed E-state index contributed by atoms with van der Waals surface area (Å²) >= 11 is 0. The van der Waals surface area contributed by atoms with E-state index in [2.05, 4.69) is 5.32 Å². The Hall–Kier alpha value is -1.29. The highest BCUT2D eigenvalue weighted by Gasteiger charge is 2.19. The van der Waals surface area contributed by atoms with Crippen LogP contribution in [0.5, 0.6) is 0 Å². The minimum absolute atomic E-state index is 0.0141. The van der Waals surface area contributed by atoms with Crippen molar-refractivity contribution >= 4 is 5.97 Å². The first-order valence-corrected chi connectivity index (χ1v) is 11.4. The number of aliphatic hydroxyl groups excluding tert-OH is 5. The first-order valence-electron chi connectivity index (χ1n) is 11.4. The van der Waals surface area contributed by atoms with Crippen molar-refractivity contribution in [2.24, 2.45) is 0 Å². The van der Waals surface area contributed by atoms with Crippen LogP contribution in [0.1, 0.15) is 71.6 Å². The van der Waals surface area contributed by atoms with Crippen LogP contribution in [0.4, 0.5) is 0 Å². The molecule has 0 radical (unpaired) electrons. The van der Waals surface area contributed by atoms with Gasteiger partial charge < -0.3 is 36.0 Å². The van der Waals surface area contributed by atoms with Gasteiger partial charge in [-0.15, -0.1) is 0 Å². The molecule has 0 spiro atoms. The average molecular weight is 446 g/mol. The lowest BCUT2D eigenvalue weighted by Crippen LogP contribution is -2.40. The number of nitrogens with one attached hydrogen (secondary N) is 1. The minimum Gasteiger partial charge on any atom is -0.481 e. The third-order valence-corrected chi connectivity index (χ3v) is 5.19. The molecule has 0 aromatic rings. The zero-order valence-electron chi connectivity index (χ0n) is 19.0. The maximum atomic E-state index is 10.8. The molecule has 5 atom stereocenters. The summed E-state index contributed by atoms with van der Waals surface area (Å²) in [4.78, 5) is 10.8. The quantitative estimate of drug-likeness (QED) is 0.148. The Morgan fingerprint density at radius 2 is 1.65 bits per heavy atom. The van der Waals surface area contributed by atoms with E-state index in [9.17, 15) is 25.2 Å². The van der Waals surface area contributed by atoms with Gasteiger partial charge in [0.15, 0.2) is 0 Å². The molecule has 0 saturated carbocycles. The fourth-order valence-electron chi connectivity index (χ4n) is 3.35. The monoisotopic (exact) mass is 445 g/mol. The SMILES string of the molecule is CCCCC(O)C(O)C=CC=C(CCCC(O)C(CCC(=O)O)NCC)CC(O)CO. The number of aliphatic hydroxyl groups is 5. The maximum absolute atomic E-state index is 10.8. The topological polar surface area (TPSA) is 150 Å². The predicted molar refractivity (Wildman–Crippen MR) is 121 cm³/mol. The fraction of sp³-hybridized carbons (Fsp3) is 0.783. The van der Waals surface area contributed by atoms with E-state index in [0.29, 0.717) is 38.6 Å². The van der Waals surface area contributed by atoms with E-state index in [0.717, 1.165) is 18.4 Å². The van der Waals surface area contributed by atoms with Gasteiger partial charge in [-0.3, -0.25) is 4.79 Å². The van der Waals surface area contributed by atoms with Gasteiger partial charge in [-0.25, -0.2) is 0 Å².